The van der Waals surface area contributed by atoms with E-state index in [-0.39, 0.29) is 0 Å². The Morgan fingerprint density at radius 1 is 1.24 bits per heavy atom. The Morgan fingerprint density at radius 3 is 2.48 bits per heavy atom. The van der Waals surface area contributed by atoms with Gasteiger partial charge in [0.25, 0.3) is 0 Å². The largest absolute Gasteiger partial charge is 0.496 e. The van der Waals surface area contributed by atoms with Gasteiger partial charge in [-0.2, -0.15) is 5.10 Å². The summed E-state index contributed by atoms with van der Waals surface area (Å²) in [4.78, 5) is 2.19. The van der Waals surface area contributed by atoms with E-state index in [0.29, 0.717) is 0 Å². The maximum absolute atomic E-state index is 5.49. The van der Waals surface area contributed by atoms with Crippen molar-refractivity contribution in [2.45, 2.75) is 20.3 Å². The predicted octanol–water partition coefficient (Wildman–Crippen LogP) is 2.82. The van der Waals surface area contributed by atoms with Gasteiger partial charge < -0.3 is 9.64 Å². The summed E-state index contributed by atoms with van der Waals surface area (Å²) < 4.78 is 7.43. The minimum atomic E-state index is 0.958. The maximum atomic E-state index is 5.49. The smallest absolute Gasteiger partial charge is 0.122 e. The molecule has 1 aromatic heterocycles. The number of rotatable bonds is 5. The van der Waals surface area contributed by atoms with Crippen molar-refractivity contribution in [3.05, 3.63) is 35.2 Å². The van der Waals surface area contributed by atoms with Crippen LogP contribution in [0.5, 0.6) is 5.75 Å². The van der Waals surface area contributed by atoms with Gasteiger partial charge >= 0.3 is 0 Å². The van der Waals surface area contributed by atoms with Crippen molar-refractivity contribution >= 4 is 0 Å². The number of aromatic nitrogens is 2. The van der Waals surface area contributed by atoms with E-state index in [9.17, 15) is 0 Å². The highest BCUT2D eigenvalue weighted by atomic mass is 16.5. The first-order valence-corrected chi connectivity index (χ1v) is 7.26. The molecular weight excluding hydrogens is 262 g/mol. The van der Waals surface area contributed by atoms with Crippen molar-refractivity contribution in [2.75, 3.05) is 27.7 Å². The van der Waals surface area contributed by atoms with Gasteiger partial charge in [-0.15, -0.1) is 0 Å². The molecule has 1 heterocycles. The molecule has 0 saturated carbocycles. The van der Waals surface area contributed by atoms with Crippen LogP contribution in [0.3, 0.4) is 0 Å². The second-order valence-corrected chi connectivity index (χ2v) is 5.75. The van der Waals surface area contributed by atoms with E-state index in [4.69, 9.17) is 4.74 Å². The Balaban J connectivity index is 2.43. The third-order valence-corrected chi connectivity index (χ3v) is 3.91. The second-order valence-electron chi connectivity index (χ2n) is 5.75. The topological polar surface area (TPSA) is 30.3 Å². The fraction of sp³-hybridized carbons (Fsp3) is 0.471. The highest BCUT2D eigenvalue weighted by Gasteiger charge is 2.13. The van der Waals surface area contributed by atoms with Gasteiger partial charge in [0.05, 0.1) is 12.8 Å². The van der Waals surface area contributed by atoms with Gasteiger partial charge in [-0.3, -0.25) is 4.68 Å². The molecule has 114 valence electrons. The average molecular weight is 287 g/mol. The number of likely N-dealkylation sites (N-methyl/N-ethyl adjacent to an activating group) is 1. The van der Waals surface area contributed by atoms with Crippen molar-refractivity contribution < 1.29 is 4.74 Å². The van der Waals surface area contributed by atoms with Gasteiger partial charge in [0.2, 0.25) is 0 Å². The van der Waals surface area contributed by atoms with Gasteiger partial charge in [-0.05, 0) is 57.6 Å². The number of methoxy groups -OCH3 is 1. The van der Waals surface area contributed by atoms with E-state index in [0.717, 1.165) is 24.4 Å². The fourth-order valence-electron chi connectivity index (χ4n) is 2.66. The lowest BCUT2D eigenvalue weighted by Crippen LogP contribution is -2.15. The molecule has 0 radical (unpaired) electrons. The monoisotopic (exact) mass is 287 g/mol. The zero-order valence-electron chi connectivity index (χ0n) is 13.9. The second kappa shape index (κ2) is 6.31. The summed E-state index contributed by atoms with van der Waals surface area (Å²) in [5.41, 5.74) is 5.94. The zero-order valence-corrected chi connectivity index (χ0v) is 13.9. The lowest BCUT2D eigenvalue weighted by Gasteiger charge is -2.14. The van der Waals surface area contributed by atoms with Gasteiger partial charge in [-0.25, -0.2) is 0 Å². The quantitative estimate of drug-likeness (QED) is 0.847. The molecule has 1 aromatic carbocycles. The summed E-state index contributed by atoms with van der Waals surface area (Å²) in [7, 11) is 7.90. The van der Waals surface area contributed by atoms with Gasteiger partial charge in [0, 0.05) is 24.8 Å². The first kappa shape index (κ1) is 15.6. The van der Waals surface area contributed by atoms with E-state index >= 15 is 0 Å². The fourth-order valence-corrected chi connectivity index (χ4v) is 2.66. The molecule has 0 aliphatic heterocycles. The van der Waals surface area contributed by atoms with Crippen LogP contribution >= 0.6 is 0 Å². The molecule has 4 heteroatoms. The van der Waals surface area contributed by atoms with E-state index in [1.807, 2.05) is 11.7 Å². The predicted molar refractivity (Wildman–Crippen MR) is 86.9 cm³/mol. The van der Waals surface area contributed by atoms with Crippen LogP contribution in [0.25, 0.3) is 11.1 Å². The van der Waals surface area contributed by atoms with Crippen molar-refractivity contribution in [3.8, 4) is 16.9 Å². The van der Waals surface area contributed by atoms with Crippen molar-refractivity contribution in [1.82, 2.24) is 14.7 Å². The number of hydrogen-bond donors (Lipinski definition) is 0. The Labute approximate surface area is 127 Å². The Hall–Kier alpha value is -1.81. The summed E-state index contributed by atoms with van der Waals surface area (Å²) in [5, 5.41) is 4.51. The molecule has 0 aliphatic carbocycles. The third-order valence-electron chi connectivity index (χ3n) is 3.91. The summed E-state index contributed by atoms with van der Waals surface area (Å²) in [6.45, 7) is 5.18. The molecule has 0 unspecified atom stereocenters. The minimum Gasteiger partial charge on any atom is -0.496 e. The zero-order chi connectivity index (χ0) is 15.6. The van der Waals surface area contributed by atoms with E-state index < -0.39 is 0 Å². The molecule has 21 heavy (non-hydrogen) atoms. The Morgan fingerprint density at radius 2 is 1.95 bits per heavy atom. The molecule has 0 amide bonds. The molecule has 2 rings (SSSR count). The number of ether oxygens (including phenoxy) is 1. The average Bonchev–Trinajstić information content (AvgIpc) is 2.69. The molecule has 0 spiro atoms. The normalized spacial score (nSPS) is 11.2. The molecule has 0 atom stereocenters. The number of aryl methyl sites for hydroxylation is 2. The summed E-state index contributed by atoms with van der Waals surface area (Å²) in [5.74, 6) is 0.958. The van der Waals surface area contributed by atoms with Crippen LogP contribution in [0, 0.1) is 13.8 Å². The van der Waals surface area contributed by atoms with Crippen molar-refractivity contribution in [3.63, 3.8) is 0 Å². The van der Waals surface area contributed by atoms with E-state index in [1.165, 1.54) is 22.4 Å². The van der Waals surface area contributed by atoms with Gasteiger partial charge in [0.15, 0.2) is 0 Å². The molecule has 0 fully saturated rings. The van der Waals surface area contributed by atoms with E-state index in [2.05, 4.69) is 56.1 Å². The van der Waals surface area contributed by atoms with Crippen LogP contribution < -0.4 is 4.74 Å². The minimum absolute atomic E-state index is 0.958. The third kappa shape index (κ3) is 3.27. The Bertz CT molecular complexity index is 629. The van der Waals surface area contributed by atoms with Crippen molar-refractivity contribution in [2.24, 2.45) is 7.05 Å². The summed E-state index contributed by atoms with van der Waals surface area (Å²) in [6, 6.07) is 6.42. The van der Waals surface area contributed by atoms with Crippen LogP contribution in [0.1, 0.15) is 17.0 Å². The van der Waals surface area contributed by atoms with Crippen LogP contribution in [-0.4, -0.2) is 42.4 Å². The van der Waals surface area contributed by atoms with Crippen molar-refractivity contribution in [1.29, 1.82) is 0 Å². The Kier molecular flexibility index (Phi) is 4.68. The van der Waals surface area contributed by atoms with Crippen LogP contribution in [0.4, 0.5) is 0 Å². The highest BCUT2D eigenvalue weighted by molar-refractivity contribution is 5.70. The van der Waals surface area contributed by atoms with Gasteiger partial charge in [0.1, 0.15) is 5.75 Å². The summed E-state index contributed by atoms with van der Waals surface area (Å²) >= 11 is 0. The van der Waals surface area contributed by atoms with Crippen LogP contribution in [-0.2, 0) is 13.5 Å². The number of nitrogens with zero attached hydrogens (tertiary/aromatic N) is 3. The molecule has 0 bridgehead atoms. The molecule has 2 aromatic rings. The highest BCUT2D eigenvalue weighted by Crippen LogP contribution is 2.31. The number of benzene rings is 1. The lowest BCUT2D eigenvalue weighted by molar-refractivity contribution is 0.392. The molecule has 0 N–H and O–H groups in total. The molecule has 0 saturated heterocycles. The molecule has 0 aliphatic rings. The van der Waals surface area contributed by atoms with E-state index in [1.54, 1.807) is 7.11 Å². The number of hydrogen-bond acceptors (Lipinski definition) is 3. The first-order chi connectivity index (χ1) is 9.93. The van der Waals surface area contributed by atoms with Crippen LogP contribution in [0.15, 0.2) is 18.2 Å². The van der Waals surface area contributed by atoms with Crippen LogP contribution in [0.2, 0.25) is 0 Å². The maximum Gasteiger partial charge on any atom is 0.122 e. The SMILES string of the molecule is COc1ccc(-c2c(C)nn(C)c2C)cc1CCN(C)C. The lowest BCUT2D eigenvalue weighted by atomic mass is 9.99. The molecule has 4 nitrogen and oxygen atoms in total. The standard InChI is InChI=1S/C17H25N3O/c1-12-17(13(2)20(5)18-12)15-7-8-16(21-6)14(11-15)9-10-19(3)4/h7-8,11H,9-10H2,1-6H3. The first-order valence-electron chi connectivity index (χ1n) is 7.26. The van der Waals surface area contributed by atoms with Gasteiger partial charge in [-0.1, -0.05) is 6.07 Å². The molecular formula is C17H25N3O. The summed E-state index contributed by atoms with van der Waals surface area (Å²) in [6.07, 6.45) is 0.975.